The van der Waals surface area contributed by atoms with Crippen LogP contribution in [0, 0.1) is 40.7 Å². The number of carbonyl (C=O) groups excluding carboxylic acids is 1. The van der Waals surface area contributed by atoms with E-state index in [0.29, 0.717) is 0 Å². The predicted octanol–water partition coefficient (Wildman–Crippen LogP) is 8.01. The average molecular weight is 649 g/mol. The van der Waals surface area contributed by atoms with Crippen LogP contribution in [0.4, 0.5) is 0 Å². The van der Waals surface area contributed by atoms with Crippen LogP contribution in [-0.2, 0) is 24.9 Å². The molecule has 4 aromatic rings. The Hall–Kier alpha value is -2.59. The number of allylic oxidation sites excluding steroid dienone is 2. The van der Waals surface area contributed by atoms with E-state index < -0.39 is 0 Å². The van der Waals surface area contributed by atoms with Crippen LogP contribution in [0.15, 0.2) is 54.4 Å². The zero-order chi connectivity index (χ0) is 24.3. The van der Waals surface area contributed by atoms with Gasteiger partial charge >= 0.3 is 0 Å². The van der Waals surface area contributed by atoms with Gasteiger partial charge in [0.25, 0.3) is 0 Å². The zero-order valence-corrected chi connectivity index (χ0v) is 23.9. The molecule has 34 heavy (non-hydrogen) atoms. The molecule has 0 bridgehead atoms. The Morgan fingerprint density at radius 3 is 2.09 bits per heavy atom. The Morgan fingerprint density at radius 1 is 0.941 bits per heavy atom. The topological polar surface area (TPSA) is 50.2 Å². The van der Waals surface area contributed by atoms with Gasteiger partial charge in [0.1, 0.15) is 0 Å². The van der Waals surface area contributed by atoms with Crippen molar-refractivity contribution >= 4 is 27.2 Å². The smallest absolute Gasteiger partial charge is 0.155 e. The van der Waals surface area contributed by atoms with Gasteiger partial charge in [-0.15, -0.1) is 46.2 Å². The second kappa shape index (κ2) is 11.7. The molecule has 3 nitrogen and oxygen atoms in total. The minimum Gasteiger partial charge on any atom is -0.512 e. The van der Waals surface area contributed by atoms with Crippen molar-refractivity contribution in [2.45, 2.75) is 48.5 Å². The summed E-state index contributed by atoms with van der Waals surface area (Å²) in [5.74, 6) is -0.0625. The third-order valence-electron chi connectivity index (χ3n) is 5.16. The minimum absolute atomic E-state index is 0. The maximum Gasteiger partial charge on any atom is 0.155 e. The summed E-state index contributed by atoms with van der Waals surface area (Å²) in [5.41, 5.74) is 9.81. The first kappa shape index (κ1) is 27.7. The molecule has 0 amide bonds. The molecule has 0 aliphatic rings. The first-order valence-electron chi connectivity index (χ1n) is 10.9. The molecule has 1 radical (unpaired) electrons. The fourth-order valence-corrected chi connectivity index (χ4v) is 5.30. The zero-order valence-electron chi connectivity index (χ0n) is 20.7. The van der Waals surface area contributed by atoms with Crippen molar-refractivity contribution in [3.05, 3.63) is 88.3 Å². The molecule has 0 unspecified atom stereocenters. The number of hydrogen-bond donors (Lipinski definition) is 1. The van der Waals surface area contributed by atoms with E-state index in [4.69, 9.17) is 10.1 Å². The van der Waals surface area contributed by atoms with E-state index in [9.17, 15) is 4.79 Å². The number of thiophene rings is 1. The number of rotatable bonds is 3. The molecule has 0 fully saturated rings. The molecular weight excluding hydrogens is 619 g/mol. The summed E-state index contributed by atoms with van der Waals surface area (Å²) in [6, 6.07) is 16.8. The van der Waals surface area contributed by atoms with Crippen LogP contribution in [0.3, 0.4) is 0 Å². The number of ketones is 1. The van der Waals surface area contributed by atoms with Gasteiger partial charge in [-0.3, -0.25) is 4.79 Å². The largest absolute Gasteiger partial charge is 0.512 e. The van der Waals surface area contributed by atoms with E-state index >= 15 is 0 Å². The van der Waals surface area contributed by atoms with Gasteiger partial charge in [0.15, 0.2) is 5.78 Å². The van der Waals surface area contributed by atoms with E-state index in [1.807, 2.05) is 17.5 Å². The van der Waals surface area contributed by atoms with Gasteiger partial charge in [0.2, 0.25) is 0 Å². The Labute approximate surface area is 219 Å². The van der Waals surface area contributed by atoms with Gasteiger partial charge in [0, 0.05) is 37.3 Å². The Kier molecular flexibility index (Phi) is 9.52. The SMILES string of the molecule is CC(=O)/C=C(/C)O.Cc1[c-]c(-c2cc3cc(-c4c(C)cc(C)cc4C)sc3cn2)cc(C)c1.[Ir]. The average Bonchev–Trinajstić information content (AvgIpc) is 3.08. The van der Waals surface area contributed by atoms with Crippen molar-refractivity contribution in [2.75, 3.05) is 0 Å². The maximum atomic E-state index is 10.0. The summed E-state index contributed by atoms with van der Waals surface area (Å²) < 4.78 is 1.23. The van der Waals surface area contributed by atoms with Crippen LogP contribution in [0.5, 0.6) is 0 Å². The molecule has 0 spiro atoms. The summed E-state index contributed by atoms with van der Waals surface area (Å²) in [6.07, 6.45) is 3.17. The third kappa shape index (κ3) is 6.96. The molecule has 0 aliphatic heterocycles. The van der Waals surface area contributed by atoms with Crippen LogP contribution >= 0.6 is 11.3 Å². The van der Waals surface area contributed by atoms with Crippen molar-refractivity contribution < 1.29 is 30.0 Å². The summed E-state index contributed by atoms with van der Waals surface area (Å²) in [6.45, 7) is 13.6. The van der Waals surface area contributed by atoms with Crippen LogP contribution in [0.2, 0.25) is 0 Å². The van der Waals surface area contributed by atoms with Gasteiger partial charge in [-0.25, -0.2) is 0 Å². The van der Waals surface area contributed by atoms with Crippen LogP contribution < -0.4 is 0 Å². The van der Waals surface area contributed by atoms with Gasteiger partial charge < -0.3 is 10.1 Å². The van der Waals surface area contributed by atoms with Crippen LogP contribution in [0.1, 0.15) is 41.7 Å². The number of nitrogens with zero attached hydrogens (tertiary/aromatic N) is 1. The van der Waals surface area contributed by atoms with Gasteiger partial charge in [0.05, 0.1) is 10.5 Å². The van der Waals surface area contributed by atoms with Crippen molar-refractivity contribution in [2.24, 2.45) is 0 Å². The molecule has 2 aromatic heterocycles. The number of benzene rings is 2. The normalized spacial score (nSPS) is 11.0. The number of aliphatic hydroxyl groups excluding tert-OH is 1. The molecule has 179 valence electrons. The monoisotopic (exact) mass is 649 g/mol. The van der Waals surface area contributed by atoms with Crippen LogP contribution in [0.25, 0.3) is 31.8 Å². The number of aliphatic hydroxyl groups is 1. The molecular formula is C29H30IrNO2S-. The van der Waals surface area contributed by atoms with Crippen molar-refractivity contribution in [3.63, 3.8) is 0 Å². The Balaban J connectivity index is 0.000000449. The molecule has 0 saturated heterocycles. The Bertz CT molecular complexity index is 1320. The number of carbonyl (C=O) groups is 1. The number of aryl methyl sites for hydroxylation is 5. The number of aromatic nitrogens is 1. The van der Waals surface area contributed by atoms with E-state index in [0.717, 1.165) is 16.8 Å². The first-order chi connectivity index (χ1) is 15.5. The van der Waals surface area contributed by atoms with Gasteiger partial charge in [-0.2, -0.15) is 0 Å². The second-order valence-corrected chi connectivity index (χ2v) is 9.73. The molecule has 2 aromatic carbocycles. The quantitative estimate of drug-likeness (QED) is 0.139. The molecule has 5 heteroatoms. The molecule has 1 N–H and O–H groups in total. The molecule has 0 saturated carbocycles. The summed E-state index contributed by atoms with van der Waals surface area (Å²) in [7, 11) is 0. The molecule has 4 rings (SSSR count). The number of pyridine rings is 1. The number of hydrogen-bond acceptors (Lipinski definition) is 4. The maximum absolute atomic E-state index is 10.0. The van der Waals surface area contributed by atoms with E-state index in [2.05, 4.69) is 77.1 Å². The Morgan fingerprint density at radius 2 is 1.56 bits per heavy atom. The second-order valence-electron chi connectivity index (χ2n) is 8.64. The van der Waals surface area contributed by atoms with Crippen molar-refractivity contribution in [3.8, 4) is 21.7 Å². The van der Waals surface area contributed by atoms with Crippen molar-refractivity contribution in [1.29, 1.82) is 0 Å². The summed E-state index contributed by atoms with van der Waals surface area (Å²) >= 11 is 1.82. The third-order valence-corrected chi connectivity index (χ3v) is 6.27. The van der Waals surface area contributed by atoms with Crippen LogP contribution in [-0.4, -0.2) is 15.9 Å². The minimum atomic E-state index is -0.125. The van der Waals surface area contributed by atoms with E-state index in [1.165, 1.54) is 62.7 Å². The first-order valence-corrected chi connectivity index (χ1v) is 11.7. The molecule has 2 heterocycles. The fraction of sp³-hybridized carbons (Fsp3) is 0.241. The number of fused-ring (bicyclic) bond motifs is 1. The van der Waals surface area contributed by atoms with E-state index in [-0.39, 0.29) is 31.6 Å². The molecule has 0 aliphatic carbocycles. The van der Waals surface area contributed by atoms with Gasteiger partial charge in [-0.05, 0) is 68.5 Å². The predicted molar refractivity (Wildman–Crippen MR) is 140 cm³/mol. The van der Waals surface area contributed by atoms with E-state index in [1.54, 1.807) is 0 Å². The summed E-state index contributed by atoms with van der Waals surface area (Å²) in [4.78, 5) is 16.0. The molecule has 0 atom stereocenters. The standard InChI is InChI=1S/C24H22NS.C5H8O2.Ir/c1-14-6-15(2)10-19(9-14)21-11-20-12-22(26-23(20)13-25-21)24-17(4)7-16(3)8-18(24)5;1-4(6)3-5(2)7;/h6-9,11-13H,1-5H3;3,6H,1-2H3;/q-1;;/b;4-3-;. The van der Waals surface area contributed by atoms with Crippen molar-refractivity contribution in [1.82, 2.24) is 4.98 Å². The summed E-state index contributed by atoms with van der Waals surface area (Å²) in [5, 5.41) is 9.61. The van der Waals surface area contributed by atoms with Gasteiger partial charge in [-0.1, -0.05) is 37.6 Å². The fourth-order valence-electron chi connectivity index (χ4n) is 4.11.